The highest BCUT2D eigenvalue weighted by Crippen LogP contribution is 2.28. The Morgan fingerprint density at radius 3 is 2.33 bits per heavy atom. The van der Waals surface area contributed by atoms with Crippen molar-refractivity contribution in [3.63, 3.8) is 0 Å². The second-order valence-electron chi connectivity index (χ2n) is 5.80. The summed E-state index contributed by atoms with van der Waals surface area (Å²) >= 11 is 0. The SMILES string of the molecule is C=C(C)C[C@H](c1ccc(S(C)(=O)=O)cc1)N1CCNCC1. The molecule has 0 amide bonds. The lowest BCUT2D eigenvalue weighted by molar-refractivity contribution is 0.172. The van der Waals surface area contributed by atoms with Crippen molar-refractivity contribution in [3.8, 4) is 0 Å². The molecule has 1 aromatic carbocycles. The van der Waals surface area contributed by atoms with E-state index in [0.717, 1.165) is 43.7 Å². The first-order valence-corrected chi connectivity index (χ1v) is 9.16. The maximum absolute atomic E-state index is 11.6. The van der Waals surface area contributed by atoms with Gasteiger partial charge in [-0.3, -0.25) is 4.90 Å². The lowest BCUT2D eigenvalue weighted by atomic mass is 9.98. The third-order valence-corrected chi connectivity index (χ3v) is 4.96. The van der Waals surface area contributed by atoms with Crippen molar-refractivity contribution < 1.29 is 8.42 Å². The molecule has 1 aromatic rings. The van der Waals surface area contributed by atoms with Crippen LogP contribution < -0.4 is 5.32 Å². The summed E-state index contributed by atoms with van der Waals surface area (Å²) in [5, 5.41) is 3.36. The van der Waals surface area contributed by atoms with Gasteiger partial charge in [0.25, 0.3) is 0 Å². The molecule has 2 rings (SSSR count). The Labute approximate surface area is 127 Å². The largest absolute Gasteiger partial charge is 0.314 e. The molecular weight excluding hydrogens is 284 g/mol. The molecule has 1 fully saturated rings. The zero-order chi connectivity index (χ0) is 15.5. The van der Waals surface area contributed by atoms with Crippen LogP contribution in [0.1, 0.15) is 24.9 Å². The number of piperazine rings is 1. The second-order valence-corrected chi connectivity index (χ2v) is 7.82. The monoisotopic (exact) mass is 308 g/mol. The summed E-state index contributed by atoms with van der Waals surface area (Å²) in [4.78, 5) is 2.82. The van der Waals surface area contributed by atoms with Crippen LogP contribution in [0.25, 0.3) is 0 Å². The van der Waals surface area contributed by atoms with Gasteiger partial charge in [0.2, 0.25) is 0 Å². The first-order chi connectivity index (χ1) is 9.88. The Morgan fingerprint density at radius 1 is 1.29 bits per heavy atom. The zero-order valence-corrected chi connectivity index (χ0v) is 13.6. The number of nitrogens with zero attached hydrogens (tertiary/aromatic N) is 1. The molecule has 1 heterocycles. The molecule has 0 unspecified atom stereocenters. The van der Waals surface area contributed by atoms with Gasteiger partial charge in [-0.25, -0.2) is 8.42 Å². The molecule has 0 radical (unpaired) electrons. The lowest BCUT2D eigenvalue weighted by Gasteiger charge is -2.35. The molecule has 5 heteroatoms. The summed E-state index contributed by atoms with van der Waals surface area (Å²) < 4.78 is 23.1. The van der Waals surface area contributed by atoms with E-state index in [-0.39, 0.29) is 6.04 Å². The molecule has 0 aromatic heterocycles. The molecule has 116 valence electrons. The van der Waals surface area contributed by atoms with E-state index in [1.54, 1.807) is 12.1 Å². The Kier molecular flexibility index (Phi) is 5.19. The topological polar surface area (TPSA) is 49.4 Å². The van der Waals surface area contributed by atoms with Gasteiger partial charge >= 0.3 is 0 Å². The third-order valence-electron chi connectivity index (χ3n) is 3.83. The van der Waals surface area contributed by atoms with Gasteiger partial charge in [0.15, 0.2) is 9.84 Å². The van der Waals surface area contributed by atoms with Gasteiger partial charge in [0.05, 0.1) is 4.90 Å². The van der Waals surface area contributed by atoms with Gasteiger partial charge in [-0.05, 0) is 31.0 Å². The third kappa shape index (κ3) is 4.40. The van der Waals surface area contributed by atoms with Gasteiger partial charge in [0, 0.05) is 38.5 Å². The number of sulfone groups is 1. The number of hydrogen-bond acceptors (Lipinski definition) is 4. The Hall–Kier alpha value is -1.17. The summed E-state index contributed by atoms with van der Waals surface area (Å²) in [7, 11) is -3.13. The van der Waals surface area contributed by atoms with Crippen molar-refractivity contribution in [2.24, 2.45) is 0 Å². The number of hydrogen-bond donors (Lipinski definition) is 1. The Bertz CT molecular complexity index is 587. The highest BCUT2D eigenvalue weighted by atomic mass is 32.2. The van der Waals surface area contributed by atoms with Gasteiger partial charge < -0.3 is 5.32 Å². The quantitative estimate of drug-likeness (QED) is 0.845. The van der Waals surface area contributed by atoms with Crippen molar-refractivity contribution >= 4 is 9.84 Å². The Morgan fingerprint density at radius 2 is 1.86 bits per heavy atom. The summed E-state index contributed by atoms with van der Waals surface area (Å²) in [6, 6.07) is 7.56. The molecule has 4 nitrogen and oxygen atoms in total. The summed E-state index contributed by atoms with van der Waals surface area (Å²) in [6.07, 6.45) is 2.14. The molecule has 0 saturated carbocycles. The first-order valence-electron chi connectivity index (χ1n) is 7.27. The van der Waals surface area contributed by atoms with E-state index in [0.29, 0.717) is 4.90 Å². The highest BCUT2D eigenvalue weighted by Gasteiger charge is 2.22. The van der Waals surface area contributed by atoms with Crippen LogP contribution in [-0.2, 0) is 9.84 Å². The van der Waals surface area contributed by atoms with Crippen LogP contribution in [-0.4, -0.2) is 45.8 Å². The van der Waals surface area contributed by atoms with E-state index in [9.17, 15) is 8.42 Å². The molecule has 1 atom stereocenters. The van der Waals surface area contributed by atoms with Crippen LogP contribution in [0.2, 0.25) is 0 Å². The molecular formula is C16H24N2O2S. The van der Waals surface area contributed by atoms with Gasteiger partial charge in [-0.2, -0.15) is 0 Å². The van der Waals surface area contributed by atoms with Crippen LogP contribution in [0, 0.1) is 0 Å². The summed E-state index contributed by atoms with van der Waals surface area (Å²) in [5.41, 5.74) is 2.30. The first kappa shape index (κ1) is 16.2. The predicted octanol–water partition coefficient (Wildman–Crippen LogP) is 2.00. The average molecular weight is 308 g/mol. The van der Waals surface area contributed by atoms with E-state index >= 15 is 0 Å². The van der Waals surface area contributed by atoms with Crippen molar-refractivity contribution in [3.05, 3.63) is 42.0 Å². The van der Waals surface area contributed by atoms with Crippen molar-refractivity contribution in [1.82, 2.24) is 10.2 Å². The van der Waals surface area contributed by atoms with Crippen LogP contribution in [0.5, 0.6) is 0 Å². The van der Waals surface area contributed by atoms with Crippen LogP contribution >= 0.6 is 0 Å². The molecule has 0 aliphatic carbocycles. The lowest BCUT2D eigenvalue weighted by Crippen LogP contribution is -2.45. The van der Waals surface area contributed by atoms with E-state index in [4.69, 9.17) is 0 Å². The van der Waals surface area contributed by atoms with Crippen LogP contribution in [0.15, 0.2) is 41.3 Å². The maximum atomic E-state index is 11.6. The molecule has 1 aliphatic rings. The van der Waals surface area contributed by atoms with Gasteiger partial charge in [-0.15, -0.1) is 6.58 Å². The fraction of sp³-hybridized carbons (Fsp3) is 0.500. The summed E-state index contributed by atoms with van der Waals surface area (Å²) in [6.45, 7) is 10.1. The maximum Gasteiger partial charge on any atom is 0.175 e. The van der Waals surface area contributed by atoms with Crippen molar-refractivity contribution in [2.45, 2.75) is 24.3 Å². The summed E-state index contributed by atoms with van der Waals surface area (Å²) in [5.74, 6) is 0. The number of rotatable bonds is 5. The predicted molar refractivity (Wildman–Crippen MR) is 86.2 cm³/mol. The molecule has 0 bridgehead atoms. The van der Waals surface area contributed by atoms with Crippen molar-refractivity contribution in [1.29, 1.82) is 0 Å². The smallest absolute Gasteiger partial charge is 0.175 e. The minimum atomic E-state index is -3.13. The number of nitrogens with one attached hydrogen (secondary N) is 1. The molecule has 1 N–H and O–H groups in total. The molecule has 1 saturated heterocycles. The Balaban J connectivity index is 2.25. The van der Waals surface area contributed by atoms with Gasteiger partial charge in [-0.1, -0.05) is 17.7 Å². The van der Waals surface area contributed by atoms with E-state index in [1.807, 2.05) is 19.1 Å². The second kappa shape index (κ2) is 6.73. The standard InChI is InChI=1S/C16H24N2O2S/c1-13(2)12-16(18-10-8-17-9-11-18)14-4-6-15(7-5-14)21(3,19)20/h4-7,16-17H,1,8-12H2,2-3H3/t16-/m1/s1. The van der Waals surface area contributed by atoms with E-state index in [2.05, 4.69) is 16.8 Å². The fourth-order valence-electron chi connectivity index (χ4n) is 2.72. The number of benzene rings is 1. The minimum Gasteiger partial charge on any atom is -0.314 e. The van der Waals surface area contributed by atoms with Crippen LogP contribution in [0.3, 0.4) is 0 Å². The molecule has 0 spiro atoms. The van der Waals surface area contributed by atoms with Crippen LogP contribution in [0.4, 0.5) is 0 Å². The fourth-order valence-corrected chi connectivity index (χ4v) is 3.35. The van der Waals surface area contributed by atoms with Crippen molar-refractivity contribution in [2.75, 3.05) is 32.4 Å². The minimum absolute atomic E-state index is 0.276. The molecule has 21 heavy (non-hydrogen) atoms. The highest BCUT2D eigenvalue weighted by molar-refractivity contribution is 7.90. The molecule has 1 aliphatic heterocycles. The van der Waals surface area contributed by atoms with Gasteiger partial charge in [0.1, 0.15) is 0 Å². The zero-order valence-electron chi connectivity index (χ0n) is 12.8. The van der Waals surface area contributed by atoms with E-state index in [1.165, 1.54) is 6.26 Å². The normalized spacial score (nSPS) is 18.4. The van der Waals surface area contributed by atoms with E-state index < -0.39 is 9.84 Å². The average Bonchev–Trinajstić information content (AvgIpc) is 2.45.